The van der Waals surface area contributed by atoms with Crippen LogP contribution < -0.4 is 5.32 Å². The number of hydrogen-bond acceptors (Lipinski definition) is 3. The molecule has 4 nitrogen and oxygen atoms in total. The summed E-state index contributed by atoms with van der Waals surface area (Å²) in [6.07, 6.45) is 0. The molecule has 0 heterocycles. The lowest BCUT2D eigenvalue weighted by Gasteiger charge is -2.16. The predicted molar refractivity (Wildman–Crippen MR) is 81.0 cm³/mol. The molecule has 0 bridgehead atoms. The highest BCUT2D eigenvalue weighted by molar-refractivity contribution is 5.63. The molecule has 0 aromatic heterocycles. The average Bonchev–Trinajstić information content (AvgIpc) is 2.43. The van der Waals surface area contributed by atoms with Crippen molar-refractivity contribution in [3.05, 3.63) is 69.0 Å². The number of halogens is 1. The van der Waals surface area contributed by atoms with Crippen molar-refractivity contribution in [1.29, 1.82) is 0 Å². The molecule has 1 N–H and O–H groups in total. The number of aryl methyl sites for hydroxylation is 2. The first-order chi connectivity index (χ1) is 9.88. The molecule has 0 spiro atoms. The largest absolute Gasteiger partial charge is 0.373 e. The molecule has 0 saturated carbocycles. The molecule has 0 aliphatic carbocycles. The maximum atomic E-state index is 13.5. The zero-order valence-corrected chi connectivity index (χ0v) is 12.2. The fourth-order valence-electron chi connectivity index (χ4n) is 2.11. The zero-order valence-electron chi connectivity index (χ0n) is 12.2. The third-order valence-corrected chi connectivity index (χ3v) is 3.42. The maximum Gasteiger partial charge on any atom is 0.295 e. The first-order valence-electron chi connectivity index (χ1n) is 6.66. The van der Waals surface area contributed by atoms with Gasteiger partial charge in [-0.25, -0.2) is 4.39 Å². The highest BCUT2D eigenvalue weighted by atomic mass is 19.1. The zero-order chi connectivity index (χ0) is 15.6. The third kappa shape index (κ3) is 3.37. The second-order valence-corrected chi connectivity index (χ2v) is 5.15. The molecule has 2 aromatic rings. The molecule has 0 aliphatic heterocycles. The van der Waals surface area contributed by atoms with Gasteiger partial charge in [0.15, 0.2) is 0 Å². The van der Waals surface area contributed by atoms with E-state index in [1.54, 1.807) is 6.92 Å². The van der Waals surface area contributed by atoms with Gasteiger partial charge in [0.25, 0.3) is 5.69 Å². The summed E-state index contributed by atoms with van der Waals surface area (Å²) in [5.74, 6) is -0.574. The van der Waals surface area contributed by atoms with Crippen molar-refractivity contribution in [2.24, 2.45) is 0 Å². The van der Waals surface area contributed by atoms with Gasteiger partial charge in [-0.05, 0) is 38.0 Å². The predicted octanol–water partition coefficient (Wildman–Crippen LogP) is 4.52. The Morgan fingerprint density at radius 2 is 1.81 bits per heavy atom. The van der Waals surface area contributed by atoms with Gasteiger partial charge < -0.3 is 5.32 Å². The Hall–Kier alpha value is -2.43. The quantitative estimate of drug-likeness (QED) is 0.664. The second-order valence-electron chi connectivity index (χ2n) is 5.15. The van der Waals surface area contributed by atoms with Crippen LogP contribution in [-0.4, -0.2) is 4.92 Å². The summed E-state index contributed by atoms with van der Waals surface area (Å²) in [6.45, 7) is 5.49. The third-order valence-electron chi connectivity index (χ3n) is 3.42. The van der Waals surface area contributed by atoms with Gasteiger partial charge in [-0.3, -0.25) is 10.1 Å². The van der Waals surface area contributed by atoms with Gasteiger partial charge in [-0.1, -0.05) is 29.8 Å². The Balaban J connectivity index is 2.32. The minimum absolute atomic E-state index is 0.117. The van der Waals surface area contributed by atoms with E-state index in [2.05, 4.69) is 5.32 Å². The molecule has 0 saturated heterocycles. The van der Waals surface area contributed by atoms with Crippen molar-refractivity contribution < 1.29 is 9.31 Å². The summed E-state index contributed by atoms with van der Waals surface area (Å²) < 4.78 is 13.5. The molecule has 0 fully saturated rings. The van der Waals surface area contributed by atoms with Crippen LogP contribution in [0.5, 0.6) is 0 Å². The topological polar surface area (TPSA) is 55.2 Å². The lowest BCUT2D eigenvalue weighted by Crippen LogP contribution is -2.09. The highest BCUT2D eigenvalue weighted by Gasteiger charge is 2.18. The lowest BCUT2D eigenvalue weighted by molar-refractivity contribution is -0.384. The van der Waals surface area contributed by atoms with Gasteiger partial charge in [-0.15, -0.1) is 0 Å². The van der Waals surface area contributed by atoms with Crippen LogP contribution in [0.3, 0.4) is 0 Å². The highest BCUT2D eigenvalue weighted by Crippen LogP contribution is 2.30. The van der Waals surface area contributed by atoms with Gasteiger partial charge in [0.05, 0.1) is 11.0 Å². The van der Waals surface area contributed by atoms with E-state index in [0.29, 0.717) is 11.3 Å². The molecule has 21 heavy (non-hydrogen) atoms. The number of nitrogens with one attached hydrogen (secondary N) is 1. The van der Waals surface area contributed by atoms with Crippen LogP contribution in [0.2, 0.25) is 0 Å². The number of hydrogen-bond donors (Lipinski definition) is 1. The van der Waals surface area contributed by atoms with Crippen molar-refractivity contribution >= 4 is 11.4 Å². The average molecular weight is 288 g/mol. The second kappa shape index (κ2) is 5.91. The summed E-state index contributed by atoms with van der Waals surface area (Å²) in [6, 6.07) is 10.2. The molecule has 5 heteroatoms. The van der Waals surface area contributed by atoms with Crippen molar-refractivity contribution in [2.45, 2.75) is 26.8 Å². The Labute approximate surface area is 122 Å². The van der Waals surface area contributed by atoms with Crippen LogP contribution in [0.4, 0.5) is 15.8 Å². The smallest absolute Gasteiger partial charge is 0.295 e. The van der Waals surface area contributed by atoms with Crippen molar-refractivity contribution in [1.82, 2.24) is 0 Å². The molecule has 0 amide bonds. The SMILES string of the molecule is Cc1ccc(C(C)Nc2cc(C)c(F)cc2[N+](=O)[O-])cc1. The number of rotatable bonds is 4. The van der Waals surface area contributed by atoms with Gasteiger partial charge in [0.1, 0.15) is 11.5 Å². The minimum atomic E-state index is -0.577. The molecule has 0 aliphatic rings. The molecule has 2 rings (SSSR count). The van der Waals surface area contributed by atoms with Gasteiger partial charge >= 0.3 is 0 Å². The summed E-state index contributed by atoms with van der Waals surface area (Å²) in [7, 11) is 0. The van der Waals surface area contributed by atoms with Gasteiger partial charge in [0, 0.05) is 6.04 Å². The molecule has 0 radical (unpaired) electrons. The fourth-order valence-corrected chi connectivity index (χ4v) is 2.11. The van der Waals surface area contributed by atoms with Crippen molar-refractivity contribution in [3.63, 3.8) is 0 Å². The molecular weight excluding hydrogens is 271 g/mol. The summed E-state index contributed by atoms with van der Waals surface area (Å²) in [5, 5.41) is 14.1. The van der Waals surface area contributed by atoms with Crippen LogP contribution >= 0.6 is 0 Å². The molecule has 1 atom stereocenters. The summed E-state index contributed by atoms with van der Waals surface area (Å²) >= 11 is 0. The molecule has 110 valence electrons. The number of benzene rings is 2. The van der Waals surface area contributed by atoms with E-state index in [-0.39, 0.29) is 11.7 Å². The van der Waals surface area contributed by atoms with E-state index < -0.39 is 10.7 Å². The van der Waals surface area contributed by atoms with E-state index in [1.165, 1.54) is 6.07 Å². The van der Waals surface area contributed by atoms with Crippen LogP contribution in [0.15, 0.2) is 36.4 Å². The fraction of sp³-hybridized carbons (Fsp3) is 0.250. The van der Waals surface area contributed by atoms with Crippen LogP contribution in [0.1, 0.15) is 29.7 Å². The maximum absolute atomic E-state index is 13.5. The van der Waals surface area contributed by atoms with Crippen LogP contribution in [0, 0.1) is 29.8 Å². The van der Waals surface area contributed by atoms with Crippen LogP contribution in [-0.2, 0) is 0 Å². The minimum Gasteiger partial charge on any atom is -0.373 e. The molecular formula is C16H17FN2O2. The lowest BCUT2D eigenvalue weighted by atomic mass is 10.1. The number of nitro groups is 1. The first kappa shape index (κ1) is 15.0. The normalized spacial score (nSPS) is 12.0. The Morgan fingerprint density at radius 3 is 2.38 bits per heavy atom. The van der Waals surface area contributed by atoms with Gasteiger partial charge in [0.2, 0.25) is 0 Å². The van der Waals surface area contributed by atoms with Crippen LogP contribution in [0.25, 0.3) is 0 Å². The number of anilines is 1. The van der Waals surface area contributed by atoms with E-state index in [9.17, 15) is 14.5 Å². The van der Waals surface area contributed by atoms with E-state index in [4.69, 9.17) is 0 Å². The monoisotopic (exact) mass is 288 g/mol. The van der Waals surface area contributed by atoms with E-state index in [0.717, 1.165) is 17.2 Å². The Morgan fingerprint density at radius 1 is 1.19 bits per heavy atom. The molecule has 1 unspecified atom stereocenters. The van der Waals surface area contributed by atoms with Crippen molar-refractivity contribution in [3.8, 4) is 0 Å². The van der Waals surface area contributed by atoms with Crippen molar-refractivity contribution in [2.75, 3.05) is 5.32 Å². The number of nitrogens with zero attached hydrogens (tertiary/aromatic N) is 1. The van der Waals surface area contributed by atoms with Gasteiger partial charge in [-0.2, -0.15) is 0 Å². The molecule has 2 aromatic carbocycles. The standard InChI is InChI=1S/C16H17FN2O2/c1-10-4-6-13(7-5-10)12(3)18-15-8-11(2)14(17)9-16(15)19(20)21/h4-9,12,18H,1-3H3. The summed E-state index contributed by atoms with van der Waals surface area (Å²) in [4.78, 5) is 10.5. The number of nitro benzene ring substituents is 1. The Kier molecular flexibility index (Phi) is 4.21. The first-order valence-corrected chi connectivity index (χ1v) is 6.66. The Bertz CT molecular complexity index is 669. The summed E-state index contributed by atoms with van der Waals surface area (Å²) in [5.41, 5.74) is 2.61. The van der Waals surface area contributed by atoms with E-state index in [1.807, 2.05) is 38.1 Å². The van der Waals surface area contributed by atoms with E-state index >= 15 is 0 Å².